The Bertz CT molecular complexity index is 296. The Morgan fingerprint density at radius 2 is 1.88 bits per heavy atom. The monoisotopic (exact) mass is 254 g/mol. The number of rotatable bonds is 5. The van der Waals surface area contributed by atoms with Gasteiger partial charge in [-0.2, -0.15) is 0 Å². The van der Waals surface area contributed by atoms with Crippen molar-refractivity contribution in [1.29, 1.82) is 0 Å². The number of hydrogen-bond acceptors (Lipinski definition) is 2. The van der Waals surface area contributed by atoms with Gasteiger partial charge in [-0.15, -0.1) is 0 Å². The molecule has 2 aliphatic rings. The predicted molar refractivity (Wildman–Crippen MR) is 72.6 cm³/mol. The maximum Gasteiger partial charge on any atom is 0.220 e. The van der Waals surface area contributed by atoms with Gasteiger partial charge in [-0.05, 0) is 37.5 Å². The van der Waals surface area contributed by atoms with E-state index in [-0.39, 0.29) is 11.9 Å². The fraction of sp³-hybridized carbons (Fsp3) is 0.846. The Balaban J connectivity index is 1.76. The quantitative estimate of drug-likeness (QED) is 0.739. The molecule has 3 nitrogen and oxygen atoms in total. The van der Waals surface area contributed by atoms with Gasteiger partial charge >= 0.3 is 0 Å². The average Bonchev–Trinajstić information content (AvgIpc) is 3.11. The van der Waals surface area contributed by atoms with E-state index in [1.165, 1.54) is 32.1 Å². The topological polar surface area (TPSA) is 55.1 Å². The Kier molecular flexibility index (Phi) is 4.37. The van der Waals surface area contributed by atoms with Crippen LogP contribution in [0, 0.1) is 11.8 Å². The van der Waals surface area contributed by atoms with Crippen molar-refractivity contribution < 1.29 is 4.79 Å². The molecule has 2 aliphatic carbocycles. The van der Waals surface area contributed by atoms with Crippen molar-refractivity contribution in [1.82, 2.24) is 5.32 Å². The minimum Gasteiger partial charge on any atom is -0.392 e. The lowest BCUT2D eigenvalue weighted by atomic mass is 9.87. The highest BCUT2D eigenvalue weighted by molar-refractivity contribution is 7.80. The van der Waals surface area contributed by atoms with E-state index in [0.717, 1.165) is 12.8 Å². The van der Waals surface area contributed by atoms with E-state index in [2.05, 4.69) is 5.32 Å². The number of carbonyl (C=O) groups is 1. The van der Waals surface area contributed by atoms with Gasteiger partial charge in [0.25, 0.3) is 0 Å². The van der Waals surface area contributed by atoms with Crippen LogP contribution in [-0.4, -0.2) is 16.9 Å². The molecule has 0 radical (unpaired) electrons. The molecule has 17 heavy (non-hydrogen) atoms. The van der Waals surface area contributed by atoms with E-state index < -0.39 is 0 Å². The molecule has 0 saturated heterocycles. The minimum atomic E-state index is -0.0545. The first-order valence-corrected chi connectivity index (χ1v) is 7.16. The summed E-state index contributed by atoms with van der Waals surface area (Å²) < 4.78 is 0. The Hall–Kier alpha value is -0.640. The van der Waals surface area contributed by atoms with Crippen LogP contribution in [0.25, 0.3) is 0 Å². The Morgan fingerprint density at radius 1 is 1.24 bits per heavy atom. The van der Waals surface area contributed by atoms with Crippen LogP contribution in [-0.2, 0) is 4.79 Å². The van der Waals surface area contributed by atoms with E-state index in [9.17, 15) is 4.79 Å². The first-order valence-electron chi connectivity index (χ1n) is 6.75. The molecule has 0 aromatic carbocycles. The highest BCUT2D eigenvalue weighted by Crippen LogP contribution is 2.33. The van der Waals surface area contributed by atoms with E-state index in [0.29, 0.717) is 23.2 Å². The summed E-state index contributed by atoms with van der Waals surface area (Å²) >= 11 is 5.02. The molecule has 2 rings (SSSR count). The predicted octanol–water partition coefficient (Wildman–Crippen LogP) is 2.14. The number of nitrogens with one attached hydrogen (secondary N) is 1. The molecular formula is C13H22N2OS. The molecule has 0 heterocycles. The van der Waals surface area contributed by atoms with Gasteiger partial charge in [0.2, 0.25) is 5.91 Å². The third kappa shape index (κ3) is 3.95. The van der Waals surface area contributed by atoms with Crippen LogP contribution in [0.1, 0.15) is 51.4 Å². The van der Waals surface area contributed by atoms with Crippen molar-refractivity contribution in [3.05, 3.63) is 0 Å². The molecule has 0 bridgehead atoms. The maximum atomic E-state index is 11.9. The van der Waals surface area contributed by atoms with Gasteiger partial charge in [0.05, 0.1) is 11.0 Å². The van der Waals surface area contributed by atoms with Crippen molar-refractivity contribution in [2.75, 3.05) is 0 Å². The molecule has 3 N–H and O–H groups in total. The smallest absolute Gasteiger partial charge is 0.220 e. The van der Waals surface area contributed by atoms with E-state index in [1.54, 1.807) is 0 Å². The second-order valence-corrected chi connectivity index (χ2v) is 5.96. The number of carbonyl (C=O) groups excluding carboxylic acids is 1. The highest BCUT2D eigenvalue weighted by atomic mass is 32.1. The zero-order chi connectivity index (χ0) is 12.3. The highest BCUT2D eigenvalue weighted by Gasteiger charge is 2.34. The molecule has 1 amide bonds. The third-order valence-corrected chi connectivity index (χ3v) is 4.17. The summed E-state index contributed by atoms with van der Waals surface area (Å²) in [4.78, 5) is 12.4. The van der Waals surface area contributed by atoms with Crippen LogP contribution in [0.5, 0.6) is 0 Å². The molecule has 0 aliphatic heterocycles. The summed E-state index contributed by atoms with van der Waals surface area (Å²) in [5.41, 5.74) is 5.68. The second-order valence-electron chi connectivity index (χ2n) is 5.49. The van der Waals surface area contributed by atoms with Crippen molar-refractivity contribution in [3.63, 3.8) is 0 Å². The molecule has 1 unspecified atom stereocenters. The van der Waals surface area contributed by atoms with E-state index in [4.69, 9.17) is 18.0 Å². The standard InChI is InChI=1S/C13H22N2OS/c14-13(17)12(10-6-7-10)15-11(16)8-9-4-2-1-3-5-9/h9-10,12H,1-8H2,(H2,14,17)(H,15,16). The molecule has 4 heteroatoms. The van der Waals surface area contributed by atoms with Gasteiger partial charge in [-0.3, -0.25) is 4.79 Å². The van der Waals surface area contributed by atoms with Crippen molar-refractivity contribution in [2.45, 2.75) is 57.4 Å². The molecule has 0 aromatic rings. The van der Waals surface area contributed by atoms with Gasteiger partial charge in [-0.1, -0.05) is 31.5 Å². The zero-order valence-electron chi connectivity index (χ0n) is 10.3. The maximum absolute atomic E-state index is 11.9. The largest absolute Gasteiger partial charge is 0.392 e. The van der Waals surface area contributed by atoms with Gasteiger partial charge in [0.1, 0.15) is 0 Å². The van der Waals surface area contributed by atoms with Crippen LogP contribution in [0.2, 0.25) is 0 Å². The molecule has 96 valence electrons. The summed E-state index contributed by atoms with van der Waals surface area (Å²) in [6.07, 6.45) is 9.24. The molecule has 2 saturated carbocycles. The molecular weight excluding hydrogens is 232 g/mol. The number of amides is 1. The molecule has 2 fully saturated rings. The summed E-state index contributed by atoms with van der Waals surface area (Å²) in [5, 5.41) is 3.02. The number of nitrogens with two attached hydrogens (primary N) is 1. The number of thiocarbonyl (C=S) groups is 1. The second kappa shape index (κ2) is 5.80. The fourth-order valence-corrected chi connectivity index (χ4v) is 2.99. The fourth-order valence-electron chi connectivity index (χ4n) is 2.74. The van der Waals surface area contributed by atoms with E-state index >= 15 is 0 Å². The molecule has 0 aromatic heterocycles. The van der Waals surface area contributed by atoms with Gasteiger partial charge < -0.3 is 11.1 Å². The Labute approximate surface area is 109 Å². The summed E-state index contributed by atoms with van der Waals surface area (Å²) in [7, 11) is 0. The van der Waals surface area contributed by atoms with Crippen molar-refractivity contribution >= 4 is 23.1 Å². The third-order valence-electron chi connectivity index (χ3n) is 3.92. The van der Waals surface area contributed by atoms with Crippen LogP contribution in [0.15, 0.2) is 0 Å². The first kappa shape index (κ1) is 12.8. The van der Waals surface area contributed by atoms with Crippen LogP contribution < -0.4 is 11.1 Å². The molecule has 1 atom stereocenters. The van der Waals surface area contributed by atoms with Gasteiger partial charge in [0, 0.05) is 6.42 Å². The van der Waals surface area contributed by atoms with Crippen molar-refractivity contribution in [2.24, 2.45) is 17.6 Å². The summed E-state index contributed by atoms with van der Waals surface area (Å²) in [5.74, 6) is 1.22. The first-order chi connectivity index (χ1) is 8.16. The average molecular weight is 254 g/mol. The lowest BCUT2D eigenvalue weighted by Crippen LogP contribution is -2.45. The zero-order valence-corrected chi connectivity index (χ0v) is 11.1. The van der Waals surface area contributed by atoms with E-state index in [1.807, 2.05) is 0 Å². The summed E-state index contributed by atoms with van der Waals surface area (Å²) in [6.45, 7) is 0. The van der Waals surface area contributed by atoms with Crippen LogP contribution in [0.4, 0.5) is 0 Å². The lowest BCUT2D eigenvalue weighted by molar-refractivity contribution is -0.122. The Morgan fingerprint density at radius 3 is 2.41 bits per heavy atom. The van der Waals surface area contributed by atoms with Crippen molar-refractivity contribution in [3.8, 4) is 0 Å². The normalized spacial score (nSPS) is 23.1. The SMILES string of the molecule is NC(=S)C(NC(=O)CC1CCCCC1)C1CC1. The van der Waals surface area contributed by atoms with Crippen LogP contribution >= 0.6 is 12.2 Å². The number of hydrogen-bond donors (Lipinski definition) is 2. The lowest BCUT2D eigenvalue weighted by Gasteiger charge is -2.23. The van der Waals surface area contributed by atoms with Gasteiger partial charge in [-0.25, -0.2) is 0 Å². The minimum absolute atomic E-state index is 0.0545. The summed E-state index contributed by atoms with van der Waals surface area (Å²) in [6, 6.07) is -0.0545. The van der Waals surface area contributed by atoms with Gasteiger partial charge in [0.15, 0.2) is 0 Å². The van der Waals surface area contributed by atoms with Crippen LogP contribution in [0.3, 0.4) is 0 Å². The molecule has 0 spiro atoms.